The number of amides is 1. The Kier molecular flexibility index (Phi) is 4.95. The number of anilines is 1. The fourth-order valence-corrected chi connectivity index (χ4v) is 3.36. The Morgan fingerprint density at radius 1 is 1.32 bits per heavy atom. The van der Waals surface area contributed by atoms with Crippen molar-refractivity contribution < 1.29 is 4.79 Å². The number of benzene rings is 1. The van der Waals surface area contributed by atoms with E-state index >= 15 is 0 Å². The zero-order valence-corrected chi connectivity index (χ0v) is 14.7. The number of aromatic nitrogens is 4. The lowest BCUT2D eigenvalue weighted by atomic mass is 10.2. The van der Waals surface area contributed by atoms with Crippen LogP contribution in [-0.2, 0) is 4.79 Å². The van der Waals surface area contributed by atoms with Crippen LogP contribution < -0.4 is 5.32 Å². The first-order chi connectivity index (χ1) is 12.1. The number of carbonyl (C=O) groups is 1. The molecule has 0 radical (unpaired) electrons. The van der Waals surface area contributed by atoms with Crippen molar-refractivity contribution in [3.8, 4) is 6.07 Å². The molecule has 3 rings (SSSR count). The van der Waals surface area contributed by atoms with Gasteiger partial charge in [-0.1, -0.05) is 23.9 Å². The van der Waals surface area contributed by atoms with Gasteiger partial charge in [-0.3, -0.25) is 9.20 Å². The molecule has 7 nitrogen and oxygen atoms in total. The molecule has 0 saturated heterocycles. The summed E-state index contributed by atoms with van der Waals surface area (Å²) in [6.07, 6.45) is 0.303. The number of rotatable bonds is 5. The van der Waals surface area contributed by atoms with Gasteiger partial charge in [-0.15, -0.1) is 10.2 Å². The first kappa shape index (κ1) is 16.9. The zero-order chi connectivity index (χ0) is 17.8. The minimum absolute atomic E-state index is 0.144. The van der Waals surface area contributed by atoms with E-state index in [0.717, 1.165) is 17.2 Å². The molecular formula is C17H16N6OS. The topological polar surface area (TPSA) is 96.0 Å². The third-order valence-electron chi connectivity index (χ3n) is 3.54. The van der Waals surface area contributed by atoms with E-state index in [9.17, 15) is 4.79 Å². The average molecular weight is 352 g/mol. The van der Waals surface area contributed by atoms with Gasteiger partial charge in [0.25, 0.3) is 0 Å². The van der Waals surface area contributed by atoms with Crippen molar-refractivity contribution in [1.29, 1.82) is 5.26 Å². The number of thioether (sulfide) groups is 1. The minimum Gasteiger partial charge on any atom is -0.325 e. The SMILES string of the molecule is Cc1cc2nnc(SCCC(=O)Nc3ccccc3C#N)n2c(C)n1. The van der Waals surface area contributed by atoms with Crippen molar-refractivity contribution in [2.24, 2.45) is 0 Å². The van der Waals surface area contributed by atoms with Gasteiger partial charge in [-0.25, -0.2) is 4.98 Å². The van der Waals surface area contributed by atoms with E-state index in [-0.39, 0.29) is 5.91 Å². The largest absolute Gasteiger partial charge is 0.325 e. The highest BCUT2D eigenvalue weighted by atomic mass is 32.2. The molecule has 0 bridgehead atoms. The number of hydrogen-bond acceptors (Lipinski definition) is 6. The van der Waals surface area contributed by atoms with Crippen LogP contribution in [0.5, 0.6) is 0 Å². The molecule has 0 saturated carbocycles. The number of nitrogens with zero attached hydrogens (tertiary/aromatic N) is 5. The van der Waals surface area contributed by atoms with Crippen molar-refractivity contribution in [3.05, 3.63) is 47.4 Å². The third kappa shape index (κ3) is 3.78. The third-order valence-corrected chi connectivity index (χ3v) is 4.47. The molecule has 1 amide bonds. The first-order valence-electron chi connectivity index (χ1n) is 7.69. The highest BCUT2D eigenvalue weighted by Crippen LogP contribution is 2.20. The summed E-state index contributed by atoms with van der Waals surface area (Å²) in [5.74, 6) is 1.22. The number of hydrogen-bond donors (Lipinski definition) is 1. The molecule has 1 N–H and O–H groups in total. The van der Waals surface area contributed by atoms with Gasteiger partial charge >= 0.3 is 0 Å². The van der Waals surface area contributed by atoms with Crippen LogP contribution in [0.15, 0.2) is 35.5 Å². The van der Waals surface area contributed by atoms with E-state index in [1.807, 2.05) is 24.3 Å². The van der Waals surface area contributed by atoms with Crippen LogP contribution in [0.4, 0.5) is 5.69 Å². The Hall–Kier alpha value is -2.92. The standard InChI is InChI=1S/C17H16N6OS/c1-11-9-15-21-22-17(23(15)12(2)19-11)25-8-7-16(24)20-14-6-4-3-5-13(14)10-18/h3-6,9H,7-8H2,1-2H3,(H,20,24). The monoisotopic (exact) mass is 352 g/mol. The van der Waals surface area contributed by atoms with Crippen molar-refractivity contribution in [3.63, 3.8) is 0 Å². The van der Waals surface area contributed by atoms with Gasteiger partial charge < -0.3 is 5.32 Å². The van der Waals surface area contributed by atoms with Gasteiger partial charge in [0.05, 0.1) is 11.3 Å². The Morgan fingerprint density at radius 3 is 2.92 bits per heavy atom. The lowest BCUT2D eigenvalue weighted by Crippen LogP contribution is -2.13. The second-order valence-corrected chi connectivity index (χ2v) is 6.49. The summed E-state index contributed by atoms with van der Waals surface area (Å²) in [4.78, 5) is 16.5. The van der Waals surface area contributed by atoms with E-state index in [2.05, 4.69) is 26.6 Å². The molecule has 3 aromatic rings. The Morgan fingerprint density at radius 2 is 2.12 bits per heavy atom. The van der Waals surface area contributed by atoms with Crippen LogP contribution in [-0.4, -0.2) is 31.2 Å². The second kappa shape index (κ2) is 7.32. The van der Waals surface area contributed by atoms with Crippen LogP contribution in [0.1, 0.15) is 23.5 Å². The number of nitriles is 1. The van der Waals surface area contributed by atoms with E-state index < -0.39 is 0 Å². The zero-order valence-electron chi connectivity index (χ0n) is 13.9. The maximum atomic E-state index is 12.1. The summed E-state index contributed by atoms with van der Waals surface area (Å²) >= 11 is 1.45. The second-order valence-electron chi connectivity index (χ2n) is 5.42. The number of para-hydroxylation sites is 1. The number of carbonyl (C=O) groups excluding carboxylic acids is 1. The smallest absolute Gasteiger partial charge is 0.225 e. The van der Waals surface area contributed by atoms with Crippen molar-refractivity contribution in [2.45, 2.75) is 25.4 Å². The summed E-state index contributed by atoms with van der Waals surface area (Å²) in [6.45, 7) is 3.82. The van der Waals surface area contributed by atoms with Crippen LogP contribution in [0.3, 0.4) is 0 Å². The quantitative estimate of drug-likeness (QED) is 0.709. The molecule has 0 fully saturated rings. The molecule has 2 aromatic heterocycles. The van der Waals surface area contributed by atoms with E-state index in [1.54, 1.807) is 24.3 Å². The predicted molar refractivity (Wildman–Crippen MR) is 95.4 cm³/mol. The molecule has 0 aliphatic heterocycles. The molecule has 25 heavy (non-hydrogen) atoms. The van der Waals surface area contributed by atoms with Crippen molar-refractivity contribution in [1.82, 2.24) is 19.6 Å². The molecule has 0 aliphatic rings. The molecule has 2 heterocycles. The summed E-state index contributed by atoms with van der Waals surface area (Å²) in [7, 11) is 0. The molecule has 1 aromatic carbocycles. The highest BCUT2D eigenvalue weighted by Gasteiger charge is 2.11. The Bertz CT molecular complexity index is 975. The van der Waals surface area contributed by atoms with Gasteiger partial charge in [0.2, 0.25) is 5.91 Å². The number of nitrogens with one attached hydrogen (secondary N) is 1. The van der Waals surface area contributed by atoms with Gasteiger partial charge in [0.15, 0.2) is 10.8 Å². The summed E-state index contributed by atoms with van der Waals surface area (Å²) < 4.78 is 1.88. The number of aryl methyl sites for hydroxylation is 2. The van der Waals surface area contributed by atoms with E-state index in [0.29, 0.717) is 28.6 Å². The van der Waals surface area contributed by atoms with Crippen molar-refractivity contribution >= 4 is 29.0 Å². The van der Waals surface area contributed by atoms with Gasteiger partial charge in [0.1, 0.15) is 11.9 Å². The average Bonchev–Trinajstić information content (AvgIpc) is 2.98. The predicted octanol–water partition coefficient (Wildman–Crippen LogP) is 2.73. The lowest BCUT2D eigenvalue weighted by molar-refractivity contribution is -0.115. The summed E-state index contributed by atoms with van der Waals surface area (Å²) in [5, 5.41) is 20.8. The summed E-state index contributed by atoms with van der Waals surface area (Å²) in [5.41, 5.74) is 2.62. The Labute approximate surface area is 149 Å². The van der Waals surface area contributed by atoms with Crippen LogP contribution in [0, 0.1) is 25.2 Å². The van der Waals surface area contributed by atoms with Crippen LogP contribution in [0.2, 0.25) is 0 Å². The van der Waals surface area contributed by atoms with E-state index in [4.69, 9.17) is 5.26 Å². The molecule has 0 atom stereocenters. The number of fused-ring (bicyclic) bond motifs is 1. The Balaban J connectivity index is 1.62. The molecular weight excluding hydrogens is 336 g/mol. The summed E-state index contributed by atoms with van der Waals surface area (Å²) in [6, 6.07) is 10.9. The molecule has 126 valence electrons. The maximum Gasteiger partial charge on any atom is 0.225 e. The highest BCUT2D eigenvalue weighted by molar-refractivity contribution is 7.99. The maximum absolute atomic E-state index is 12.1. The fourth-order valence-electron chi connectivity index (χ4n) is 2.43. The minimum atomic E-state index is -0.144. The van der Waals surface area contributed by atoms with Crippen LogP contribution in [0.25, 0.3) is 5.65 Å². The lowest BCUT2D eigenvalue weighted by Gasteiger charge is -2.07. The molecule has 0 unspecified atom stereocenters. The molecule has 0 spiro atoms. The van der Waals surface area contributed by atoms with Crippen molar-refractivity contribution in [2.75, 3.05) is 11.1 Å². The molecule has 8 heteroatoms. The van der Waals surface area contributed by atoms with Gasteiger partial charge in [-0.2, -0.15) is 5.26 Å². The van der Waals surface area contributed by atoms with E-state index in [1.165, 1.54) is 11.8 Å². The first-order valence-corrected chi connectivity index (χ1v) is 8.68. The molecule has 0 aliphatic carbocycles. The van der Waals surface area contributed by atoms with Gasteiger partial charge in [0, 0.05) is 23.9 Å². The van der Waals surface area contributed by atoms with Gasteiger partial charge in [-0.05, 0) is 26.0 Å². The van der Waals surface area contributed by atoms with Crippen LogP contribution >= 0.6 is 11.8 Å². The fraction of sp³-hybridized carbons (Fsp3) is 0.235. The normalized spacial score (nSPS) is 10.6.